The van der Waals surface area contributed by atoms with E-state index in [2.05, 4.69) is 0 Å². The highest BCUT2D eigenvalue weighted by molar-refractivity contribution is 7.80. The highest BCUT2D eigenvalue weighted by atomic mass is 32.1. The summed E-state index contributed by atoms with van der Waals surface area (Å²) in [6.07, 6.45) is 1.50. The zero-order chi connectivity index (χ0) is 15.4. The molecule has 2 rings (SSSR count). The van der Waals surface area contributed by atoms with Crippen LogP contribution in [0.5, 0.6) is 0 Å². The summed E-state index contributed by atoms with van der Waals surface area (Å²) in [4.78, 5) is 11.3. The lowest BCUT2D eigenvalue weighted by Gasteiger charge is -1.99. The van der Waals surface area contributed by atoms with Crippen LogP contribution < -0.4 is 5.73 Å². The number of carbonyl (C=O) groups excluding carboxylic acids is 1. The number of furan rings is 1. The molecule has 0 aliphatic heterocycles. The third-order valence-electron chi connectivity index (χ3n) is 2.88. The number of carbonyl (C=O) groups is 1. The Hall–Kier alpha value is -2.71. The largest absolute Gasteiger partial charge is 0.457 e. The summed E-state index contributed by atoms with van der Waals surface area (Å²) in [5.41, 5.74) is 7.10. The molecule has 2 N–H and O–H groups in total. The first-order chi connectivity index (χ1) is 10.0. The Labute approximate surface area is 127 Å². The Morgan fingerprint density at radius 3 is 2.48 bits per heavy atom. The topological polar surface area (TPSA) is 80.0 Å². The fraction of sp³-hybridized carbons (Fsp3) is 0.0625. The first-order valence-corrected chi connectivity index (χ1v) is 6.55. The summed E-state index contributed by atoms with van der Waals surface area (Å²) in [6.45, 7) is 1.52. The number of thiocarbonyl (C=S) groups is 1. The van der Waals surface area contributed by atoms with Crippen molar-refractivity contribution in [2.75, 3.05) is 0 Å². The lowest BCUT2D eigenvalue weighted by Crippen LogP contribution is -2.09. The molecule has 5 heteroatoms. The average molecular weight is 296 g/mol. The SMILES string of the molecule is CC(=O)c1ccc(-c2ccc(/C=C(\C#N)C(N)=S)o2)cc1. The quantitative estimate of drug-likeness (QED) is 0.405. The Balaban J connectivity index is 2.30. The molecule has 0 saturated heterocycles. The van der Waals surface area contributed by atoms with Gasteiger partial charge in [-0.1, -0.05) is 36.5 Å². The van der Waals surface area contributed by atoms with Crippen LogP contribution in [-0.4, -0.2) is 10.8 Å². The fourth-order valence-corrected chi connectivity index (χ4v) is 1.86. The predicted molar refractivity (Wildman–Crippen MR) is 84.5 cm³/mol. The Bertz CT molecular complexity index is 764. The van der Waals surface area contributed by atoms with E-state index in [-0.39, 0.29) is 16.3 Å². The van der Waals surface area contributed by atoms with Crippen molar-refractivity contribution in [3.8, 4) is 17.4 Å². The molecule has 1 heterocycles. The van der Waals surface area contributed by atoms with Crippen molar-refractivity contribution >= 4 is 29.1 Å². The van der Waals surface area contributed by atoms with Gasteiger partial charge in [0, 0.05) is 17.2 Å². The van der Waals surface area contributed by atoms with E-state index in [0.717, 1.165) is 5.56 Å². The molecule has 0 bridgehead atoms. The highest BCUT2D eigenvalue weighted by Crippen LogP contribution is 2.24. The Morgan fingerprint density at radius 2 is 1.95 bits per heavy atom. The van der Waals surface area contributed by atoms with Crippen LogP contribution in [0.2, 0.25) is 0 Å². The number of nitrogens with zero attached hydrogens (tertiary/aromatic N) is 1. The van der Waals surface area contributed by atoms with E-state index < -0.39 is 0 Å². The Morgan fingerprint density at radius 1 is 1.29 bits per heavy atom. The van der Waals surface area contributed by atoms with Gasteiger partial charge >= 0.3 is 0 Å². The molecule has 0 aliphatic carbocycles. The second-order valence-electron chi connectivity index (χ2n) is 4.37. The minimum Gasteiger partial charge on any atom is -0.457 e. The van der Waals surface area contributed by atoms with Gasteiger partial charge in [-0.25, -0.2) is 0 Å². The molecule has 4 nitrogen and oxygen atoms in total. The monoisotopic (exact) mass is 296 g/mol. The summed E-state index contributed by atoms with van der Waals surface area (Å²) >= 11 is 4.77. The van der Waals surface area contributed by atoms with Crippen molar-refractivity contribution in [3.63, 3.8) is 0 Å². The van der Waals surface area contributed by atoms with Crippen molar-refractivity contribution in [1.82, 2.24) is 0 Å². The number of rotatable bonds is 4. The average Bonchev–Trinajstić information content (AvgIpc) is 2.93. The van der Waals surface area contributed by atoms with Crippen molar-refractivity contribution in [3.05, 3.63) is 53.3 Å². The van der Waals surface area contributed by atoms with Gasteiger partial charge in [-0.15, -0.1) is 0 Å². The number of nitrogens with two attached hydrogens (primary N) is 1. The molecular formula is C16H12N2O2S. The van der Waals surface area contributed by atoms with Crippen LogP contribution in [0.25, 0.3) is 17.4 Å². The highest BCUT2D eigenvalue weighted by Gasteiger charge is 2.07. The van der Waals surface area contributed by atoms with Crippen LogP contribution in [0, 0.1) is 11.3 Å². The van der Waals surface area contributed by atoms with Gasteiger partial charge in [0.05, 0.1) is 5.57 Å². The maximum Gasteiger partial charge on any atom is 0.159 e. The van der Waals surface area contributed by atoms with Crippen LogP contribution in [-0.2, 0) is 0 Å². The van der Waals surface area contributed by atoms with Crippen molar-refractivity contribution < 1.29 is 9.21 Å². The van der Waals surface area contributed by atoms with Crippen molar-refractivity contribution in [2.45, 2.75) is 6.92 Å². The molecule has 0 fully saturated rings. The van der Waals surface area contributed by atoms with Crippen LogP contribution >= 0.6 is 12.2 Å². The lowest BCUT2D eigenvalue weighted by molar-refractivity contribution is 0.101. The third kappa shape index (κ3) is 3.44. The van der Waals surface area contributed by atoms with E-state index >= 15 is 0 Å². The van der Waals surface area contributed by atoms with Crippen LogP contribution in [0.3, 0.4) is 0 Å². The molecule has 0 unspecified atom stereocenters. The second kappa shape index (κ2) is 6.16. The number of ketones is 1. The van der Waals surface area contributed by atoms with Crippen LogP contribution in [0.15, 0.2) is 46.4 Å². The molecule has 0 atom stereocenters. The molecule has 0 amide bonds. The van der Waals surface area contributed by atoms with E-state index in [1.165, 1.54) is 13.0 Å². The zero-order valence-corrected chi connectivity index (χ0v) is 12.1. The number of hydrogen-bond acceptors (Lipinski definition) is 4. The molecule has 21 heavy (non-hydrogen) atoms. The molecule has 1 aromatic heterocycles. The maximum atomic E-state index is 11.2. The number of benzene rings is 1. The zero-order valence-electron chi connectivity index (χ0n) is 11.3. The van der Waals surface area contributed by atoms with E-state index in [4.69, 9.17) is 27.6 Å². The van der Waals surface area contributed by atoms with Crippen molar-refractivity contribution in [1.29, 1.82) is 5.26 Å². The normalized spacial score (nSPS) is 11.0. The number of Topliss-reactive ketones (excluding diaryl/α,β-unsaturated/α-hetero) is 1. The van der Waals surface area contributed by atoms with Gasteiger partial charge in [-0.3, -0.25) is 4.79 Å². The van der Waals surface area contributed by atoms with E-state index in [1.807, 2.05) is 18.2 Å². The molecule has 1 aromatic carbocycles. The number of hydrogen-bond donors (Lipinski definition) is 1. The fourth-order valence-electron chi connectivity index (χ4n) is 1.76. The summed E-state index contributed by atoms with van der Waals surface area (Å²) in [5.74, 6) is 1.14. The summed E-state index contributed by atoms with van der Waals surface area (Å²) in [7, 11) is 0. The minimum absolute atomic E-state index is 0.0136. The van der Waals surface area contributed by atoms with Gasteiger partial charge in [0.1, 0.15) is 22.6 Å². The molecule has 0 radical (unpaired) electrons. The summed E-state index contributed by atoms with van der Waals surface area (Å²) in [5, 5.41) is 8.90. The van der Waals surface area contributed by atoms with Crippen LogP contribution in [0.1, 0.15) is 23.0 Å². The van der Waals surface area contributed by atoms with E-state index in [9.17, 15) is 4.79 Å². The lowest BCUT2D eigenvalue weighted by atomic mass is 10.1. The van der Waals surface area contributed by atoms with Gasteiger partial charge in [-0.05, 0) is 19.1 Å². The van der Waals surface area contributed by atoms with Crippen molar-refractivity contribution in [2.24, 2.45) is 5.73 Å². The maximum absolute atomic E-state index is 11.2. The van der Waals surface area contributed by atoms with Crippen LogP contribution in [0.4, 0.5) is 0 Å². The standard InChI is InChI=1S/C16H12N2O2S/c1-10(19)11-2-4-12(5-3-11)15-7-6-14(20-15)8-13(9-17)16(18)21/h2-8H,1H3,(H2,18,21)/b13-8+. The summed E-state index contributed by atoms with van der Waals surface area (Å²) in [6, 6.07) is 12.5. The molecular weight excluding hydrogens is 284 g/mol. The van der Waals surface area contributed by atoms with Gasteiger partial charge in [0.2, 0.25) is 0 Å². The molecule has 2 aromatic rings. The van der Waals surface area contributed by atoms with Gasteiger partial charge in [0.25, 0.3) is 0 Å². The summed E-state index contributed by atoms with van der Waals surface area (Å²) < 4.78 is 5.62. The second-order valence-corrected chi connectivity index (χ2v) is 4.81. The minimum atomic E-state index is 0.0136. The third-order valence-corrected chi connectivity index (χ3v) is 3.10. The van der Waals surface area contributed by atoms with Gasteiger partial charge in [-0.2, -0.15) is 5.26 Å². The molecule has 0 saturated carbocycles. The first-order valence-electron chi connectivity index (χ1n) is 6.14. The van der Waals surface area contributed by atoms with E-state index in [0.29, 0.717) is 17.1 Å². The Kier molecular flexibility index (Phi) is 4.31. The smallest absolute Gasteiger partial charge is 0.159 e. The molecule has 0 aliphatic rings. The predicted octanol–water partition coefficient (Wildman–Crippen LogP) is 3.34. The van der Waals surface area contributed by atoms with E-state index in [1.54, 1.807) is 24.3 Å². The van der Waals surface area contributed by atoms with Gasteiger partial charge in [0.15, 0.2) is 5.78 Å². The molecule has 104 valence electrons. The molecule has 0 spiro atoms. The number of nitriles is 1. The first kappa shape index (κ1) is 14.7. The van der Waals surface area contributed by atoms with Gasteiger partial charge < -0.3 is 10.2 Å².